The number of ether oxygens (including phenoxy) is 3. The molecule has 0 saturated carbocycles. The average Bonchev–Trinajstić information content (AvgIpc) is 3.86. The zero-order valence-corrected chi connectivity index (χ0v) is 31.5. The molecule has 5 heterocycles. The maximum absolute atomic E-state index is 14.9. The summed E-state index contributed by atoms with van der Waals surface area (Å²) in [6, 6.07) is 27.1. The van der Waals surface area contributed by atoms with Gasteiger partial charge in [-0.1, -0.05) is 58.0 Å². The fourth-order valence-electron chi connectivity index (χ4n) is 6.66. The maximum Gasteiger partial charge on any atom is 0.181 e. The Morgan fingerprint density at radius 2 is 1.25 bits per heavy atom. The molecule has 0 atom stereocenters. The Labute approximate surface area is 318 Å². The number of aromatic nitrogens is 6. The maximum atomic E-state index is 14.9. The summed E-state index contributed by atoms with van der Waals surface area (Å²) in [4.78, 5) is 18.8. The van der Waals surface area contributed by atoms with E-state index in [2.05, 4.69) is 53.8 Å². The summed E-state index contributed by atoms with van der Waals surface area (Å²) >= 11 is 0. The van der Waals surface area contributed by atoms with E-state index in [1.54, 1.807) is 24.4 Å². The van der Waals surface area contributed by atoms with E-state index in [9.17, 15) is 4.39 Å². The van der Waals surface area contributed by atoms with Crippen LogP contribution in [-0.2, 0) is 0 Å². The van der Waals surface area contributed by atoms with E-state index in [4.69, 9.17) is 29.2 Å². The molecule has 280 valence electrons. The van der Waals surface area contributed by atoms with Gasteiger partial charge in [-0.25, -0.2) is 24.3 Å². The molecule has 0 fully saturated rings. The lowest BCUT2D eigenvalue weighted by atomic mass is 10.1. The first kappa shape index (κ1) is 35.6. The zero-order valence-electron chi connectivity index (χ0n) is 31.5. The SMILES string of the molecule is CC(C)CNc1nc2ccccc2n2c(-c3ccc4c(c3)OCCO4)cnc12.COc1cccc(-c2cnc3c(NCC(C)C)nc4ccccc4n23)c1F. The van der Waals surface area contributed by atoms with Crippen LogP contribution in [0.15, 0.2) is 97.3 Å². The van der Waals surface area contributed by atoms with E-state index in [-0.39, 0.29) is 5.75 Å². The summed E-state index contributed by atoms with van der Waals surface area (Å²) in [6.45, 7) is 11.4. The number of rotatable bonds is 9. The predicted molar refractivity (Wildman–Crippen MR) is 216 cm³/mol. The van der Waals surface area contributed by atoms with Gasteiger partial charge in [-0.2, -0.15) is 0 Å². The molecule has 0 saturated heterocycles. The standard InChI is InChI=1S/C22H22N4O2.C21H21FN4O/c1-14(2)12-23-21-22-24-13-18(26(22)17-6-4-3-5-16(17)25-21)15-7-8-19-20(11-15)28-10-9-27-19;1-13(2)11-23-20-21-24-12-17(14-7-6-10-18(27-3)19(14)22)26(21)16-9-5-4-8-15(16)25-20/h3-8,11,13-14H,9-10,12H2,1-2H3,(H,23,25);4-10,12-13H,11H2,1-3H3,(H,23,25). The third-order valence-corrected chi connectivity index (χ3v) is 9.31. The number of methoxy groups -OCH3 is 1. The molecule has 0 spiro atoms. The summed E-state index contributed by atoms with van der Waals surface area (Å²) in [5.74, 6) is 3.83. The molecule has 4 aromatic heterocycles. The molecule has 0 unspecified atom stereocenters. The summed E-state index contributed by atoms with van der Waals surface area (Å²) < 4.78 is 35.6. The molecule has 55 heavy (non-hydrogen) atoms. The predicted octanol–water partition coefficient (Wildman–Crippen LogP) is 9.15. The zero-order chi connectivity index (χ0) is 38.1. The van der Waals surface area contributed by atoms with Crippen molar-refractivity contribution in [2.24, 2.45) is 11.8 Å². The van der Waals surface area contributed by atoms with Crippen LogP contribution >= 0.6 is 0 Å². The van der Waals surface area contributed by atoms with Crippen LogP contribution in [0.1, 0.15) is 27.7 Å². The number of anilines is 2. The van der Waals surface area contributed by atoms with Gasteiger partial charge in [-0.05, 0) is 66.4 Å². The van der Waals surface area contributed by atoms with Gasteiger partial charge in [0.25, 0.3) is 0 Å². The van der Waals surface area contributed by atoms with Gasteiger partial charge in [0.2, 0.25) is 0 Å². The van der Waals surface area contributed by atoms with Crippen LogP contribution in [0.4, 0.5) is 16.0 Å². The van der Waals surface area contributed by atoms with Crippen molar-refractivity contribution in [1.29, 1.82) is 0 Å². The molecule has 0 aliphatic carbocycles. The second-order valence-corrected chi connectivity index (χ2v) is 14.2. The highest BCUT2D eigenvalue weighted by atomic mass is 19.1. The van der Waals surface area contributed by atoms with Crippen molar-refractivity contribution in [3.05, 3.63) is 103 Å². The van der Waals surface area contributed by atoms with Gasteiger partial charge in [-0.3, -0.25) is 8.80 Å². The van der Waals surface area contributed by atoms with Gasteiger partial charge in [0, 0.05) is 24.2 Å². The van der Waals surface area contributed by atoms with E-state index in [1.165, 1.54) is 7.11 Å². The Bertz CT molecular complexity index is 2650. The molecule has 1 aliphatic heterocycles. The topological polar surface area (TPSA) is 112 Å². The molecule has 11 nitrogen and oxygen atoms in total. The number of imidazole rings is 2. The third kappa shape index (κ3) is 6.91. The molecule has 12 heteroatoms. The Morgan fingerprint density at radius 3 is 1.85 bits per heavy atom. The summed E-state index contributed by atoms with van der Waals surface area (Å²) in [5, 5.41) is 6.82. The Balaban J connectivity index is 0.000000155. The number of nitrogens with one attached hydrogen (secondary N) is 2. The van der Waals surface area contributed by atoms with Crippen molar-refractivity contribution >= 4 is 45.0 Å². The number of benzene rings is 4. The van der Waals surface area contributed by atoms with Crippen molar-refractivity contribution in [1.82, 2.24) is 28.7 Å². The van der Waals surface area contributed by atoms with E-state index < -0.39 is 5.82 Å². The van der Waals surface area contributed by atoms with Gasteiger partial charge in [0.1, 0.15) is 13.2 Å². The van der Waals surface area contributed by atoms with E-state index >= 15 is 0 Å². The van der Waals surface area contributed by atoms with E-state index in [0.717, 1.165) is 69.4 Å². The van der Waals surface area contributed by atoms with Crippen LogP contribution in [-0.4, -0.2) is 62.2 Å². The van der Waals surface area contributed by atoms with Gasteiger partial charge in [0.05, 0.1) is 53.0 Å². The summed E-state index contributed by atoms with van der Waals surface area (Å²) in [5.41, 5.74) is 8.27. The van der Waals surface area contributed by atoms with Crippen molar-refractivity contribution in [2.75, 3.05) is 44.0 Å². The van der Waals surface area contributed by atoms with Gasteiger partial charge in [0.15, 0.2) is 46.0 Å². The normalized spacial score (nSPS) is 12.4. The molecule has 0 bridgehead atoms. The number of fused-ring (bicyclic) bond motifs is 7. The number of halogens is 1. The minimum atomic E-state index is -0.403. The smallest absolute Gasteiger partial charge is 0.181 e. The average molecular weight is 739 g/mol. The second-order valence-electron chi connectivity index (χ2n) is 14.2. The first-order chi connectivity index (χ1) is 26.8. The summed E-state index contributed by atoms with van der Waals surface area (Å²) in [7, 11) is 1.46. The molecule has 1 aliphatic rings. The molecule has 0 amide bonds. The first-order valence-corrected chi connectivity index (χ1v) is 18.5. The van der Waals surface area contributed by atoms with E-state index in [0.29, 0.717) is 47.8 Å². The van der Waals surface area contributed by atoms with Crippen molar-refractivity contribution in [2.45, 2.75) is 27.7 Å². The highest BCUT2D eigenvalue weighted by Crippen LogP contribution is 2.37. The number of para-hydroxylation sites is 4. The molecular formula is C43H43FN8O3. The quantitative estimate of drug-likeness (QED) is 0.150. The van der Waals surface area contributed by atoms with Crippen LogP contribution in [0.5, 0.6) is 17.2 Å². The van der Waals surface area contributed by atoms with E-state index in [1.807, 2.05) is 71.3 Å². The molecular weight excluding hydrogens is 696 g/mol. The van der Waals surface area contributed by atoms with Crippen molar-refractivity contribution in [3.63, 3.8) is 0 Å². The van der Waals surface area contributed by atoms with Gasteiger partial charge >= 0.3 is 0 Å². The fourth-order valence-corrected chi connectivity index (χ4v) is 6.66. The van der Waals surface area contributed by atoms with Crippen molar-refractivity contribution < 1.29 is 18.6 Å². The highest BCUT2D eigenvalue weighted by molar-refractivity contribution is 5.87. The first-order valence-electron chi connectivity index (χ1n) is 18.5. The van der Waals surface area contributed by atoms with Crippen LogP contribution in [0.3, 0.4) is 0 Å². The van der Waals surface area contributed by atoms with Gasteiger partial charge in [-0.15, -0.1) is 0 Å². The lowest BCUT2D eigenvalue weighted by Crippen LogP contribution is -2.15. The second kappa shape index (κ2) is 15.1. The van der Waals surface area contributed by atoms with Crippen LogP contribution < -0.4 is 24.8 Å². The van der Waals surface area contributed by atoms with Gasteiger partial charge < -0.3 is 24.8 Å². The lowest BCUT2D eigenvalue weighted by Gasteiger charge is -2.19. The lowest BCUT2D eigenvalue weighted by molar-refractivity contribution is 0.171. The third-order valence-electron chi connectivity index (χ3n) is 9.31. The van der Waals surface area contributed by atoms with Crippen molar-refractivity contribution in [3.8, 4) is 39.8 Å². The largest absolute Gasteiger partial charge is 0.494 e. The molecule has 8 aromatic rings. The molecule has 9 rings (SSSR count). The Kier molecular flexibility index (Phi) is 9.79. The fraction of sp³-hybridized carbons (Fsp3) is 0.256. The molecule has 4 aromatic carbocycles. The van der Waals surface area contributed by atoms with Crippen LogP contribution in [0, 0.1) is 17.7 Å². The molecule has 2 N–H and O–H groups in total. The monoisotopic (exact) mass is 738 g/mol. The highest BCUT2D eigenvalue weighted by Gasteiger charge is 2.20. The number of hydrogen-bond donors (Lipinski definition) is 2. The molecule has 0 radical (unpaired) electrons. The van der Waals surface area contributed by atoms with Crippen LogP contribution in [0.25, 0.3) is 55.9 Å². The Morgan fingerprint density at radius 1 is 0.691 bits per heavy atom. The van der Waals surface area contributed by atoms with Crippen LogP contribution in [0.2, 0.25) is 0 Å². The number of hydrogen-bond acceptors (Lipinski definition) is 9. The number of nitrogens with zero attached hydrogens (tertiary/aromatic N) is 6. The minimum absolute atomic E-state index is 0.207. The summed E-state index contributed by atoms with van der Waals surface area (Å²) in [6.07, 6.45) is 3.58. The minimum Gasteiger partial charge on any atom is -0.494 e. The Hall–Kier alpha value is -6.43.